The summed E-state index contributed by atoms with van der Waals surface area (Å²) in [6.45, 7) is 5.42. The molecule has 0 atom stereocenters. The van der Waals surface area contributed by atoms with E-state index in [1.807, 2.05) is 0 Å². The molecule has 0 aliphatic rings. The average molecular weight is 293 g/mol. The molecule has 0 aliphatic carbocycles. The summed E-state index contributed by atoms with van der Waals surface area (Å²) in [5.74, 6) is -1.09. The molecule has 0 aliphatic heterocycles. The van der Waals surface area contributed by atoms with Crippen LogP contribution in [0, 0.1) is 0 Å². The number of aromatic hydroxyl groups is 1. The van der Waals surface area contributed by atoms with Gasteiger partial charge in [-0.05, 0) is 19.1 Å². The fourth-order valence-electron chi connectivity index (χ4n) is 1.77. The zero-order valence-electron chi connectivity index (χ0n) is 12.2. The zero-order valence-corrected chi connectivity index (χ0v) is 12.2. The number of phenolic OH excluding ortho intramolecular Hbond substituents is 1. The lowest BCUT2D eigenvalue weighted by molar-refractivity contribution is -0.143. The van der Waals surface area contributed by atoms with Crippen molar-refractivity contribution in [2.24, 2.45) is 0 Å². The number of hydrogen-bond acceptors (Lipinski definition) is 5. The monoisotopic (exact) mass is 293 g/mol. The number of rotatable bonds is 7. The van der Waals surface area contributed by atoms with Gasteiger partial charge in [0.1, 0.15) is 6.54 Å². The van der Waals surface area contributed by atoms with Gasteiger partial charge in [0, 0.05) is 6.54 Å². The Kier molecular flexibility index (Phi) is 6.26. The first-order valence-electron chi connectivity index (χ1n) is 6.46. The smallest absolute Gasteiger partial charge is 0.325 e. The minimum Gasteiger partial charge on any atom is -0.504 e. The van der Waals surface area contributed by atoms with Crippen molar-refractivity contribution in [2.75, 3.05) is 26.8 Å². The van der Waals surface area contributed by atoms with Gasteiger partial charge >= 0.3 is 5.97 Å². The molecule has 0 spiro atoms. The topological polar surface area (TPSA) is 76.1 Å². The maximum atomic E-state index is 12.4. The van der Waals surface area contributed by atoms with Crippen LogP contribution in [0.1, 0.15) is 17.3 Å². The molecule has 1 aromatic carbocycles. The number of hydrogen-bond donors (Lipinski definition) is 1. The van der Waals surface area contributed by atoms with Crippen LogP contribution < -0.4 is 4.74 Å². The molecule has 1 rings (SSSR count). The van der Waals surface area contributed by atoms with Crippen molar-refractivity contribution in [3.05, 3.63) is 36.4 Å². The predicted molar refractivity (Wildman–Crippen MR) is 77.4 cm³/mol. The first-order chi connectivity index (χ1) is 10.0. The SMILES string of the molecule is C=CCN(CC(=O)OCC)C(=O)c1cccc(OC)c1O. The van der Waals surface area contributed by atoms with E-state index in [4.69, 9.17) is 9.47 Å². The third kappa shape index (κ3) is 4.24. The number of nitrogens with zero attached hydrogens (tertiary/aromatic N) is 1. The molecule has 1 aromatic rings. The largest absolute Gasteiger partial charge is 0.504 e. The number of para-hydroxylation sites is 1. The molecule has 0 bridgehead atoms. The molecule has 6 heteroatoms. The number of carbonyl (C=O) groups is 2. The summed E-state index contributed by atoms with van der Waals surface area (Å²) in [6, 6.07) is 4.58. The van der Waals surface area contributed by atoms with Gasteiger partial charge in [-0.3, -0.25) is 9.59 Å². The number of benzene rings is 1. The molecule has 1 N–H and O–H groups in total. The van der Waals surface area contributed by atoms with Gasteiger partial charge in [0.25, 0.3) is 5.91 Å². The van der Waals surface area contributed by atoms with Gasteiger partial charge in [-0.2, -0.15) is 0 Å². The number of esters is 1. The quantitative estimate of drug-likeness (QED) is 0.610. The molecule has 0 unspecified atom stereocenters. The van der Waals surface area contributed by atoms with E-state index in [0.29, 0.717) is 0 Å². The van der Waals surface area contributed by atoms with Crippen LogP contribution in [0.15, 0.2) is 30.9 Å². The van der Waals surface area contributed by atoms with E-state index in [2.05, 4.69) is 6.58 Å². The lowest BCUT2D eigenvalue weighted by Gasteiger charge is -2.21. The Hall–Kier alpha value is -2.50. The average Bonchev–Trinajstić information content (AvgIpc) is 2.46. The first-order valence-corrected chi connectivity index (χ1v) is 6.46. The van der Waals surface area contributed by atoms with Crippen molar-refractivity contribution in [3.8, 4) is 11.5 Å². The Morgan fingerprint density at radius 2 is 2.14 bits per heavy atom. The minimum atomic E-state index is -0.518. The first kappa shape index (κ1) is 16.6. The second-order valence-electron chi connectivity index (χ2n) is 4.14. The van der Waals surface area contributed by atoms with Crippen molar-refractivity contribution in [2.45, 2.75) is 6.92 Å². The summed E-state index contributed by atoms with van der Waals surface area (Å²) in [6.07, 6.45) is 1.49. The number of methoxy groups -OCH3 is 1. The highest BCUT2D eigenvalue weighted by atomic mass is 16.5. The lowest BCUT2D eigenvalue weighted by atomic mass is 10.1. The van der Waals surface area contributed by atoms with E-state index in [9.17, 15) is 14.7 Å². The molecule has 6 nitrogen and oxygen atoms in total. The molecule has 0 heterocycles. The fraction of sp³-hybridized carbons (Fsp3) is 0.333. The van der Waals surface area contributed by atoms with E-state index in [0.717, 1.165) is 0 Å². The van der Waals surface area contributed by atoms with E-state index in [-0.39, 0.29) is 36.8 Å². The van der Waals surface area contributed by atoms with Crippen LogP contribution in [0.4, 0.5) is 0 Å². The number of carbonyl (C=O) groups excluding carboxylic acids is 2. The van der Waals surface area contributed by atoms with Crippen molar-refractivity contribution >= 4 is 11.9 Å². The minimum absolute atomic E-state index is 0.0560. The van der Waals surface area contributed by atoms with Crippen molar-refractivity contribution < 1.29 is 24.2 Å². The molecule has 0 saturated carbocycles. The predicted octanol–water partition coefficient (Wildman–Crippen LogP) is 1.59. The van der Waals surface area contributed by atoms with E-state index < -0.39 is 11.9 Å². The van der Waals surface area contributed by atoms with Crippen LogP contribution in [-0.2, 0) is 9.53 Å². The number of phenols is 1. The maximum absolute atomic E-state index is 12.4. The second kappa shape index (κ2) is 7.94. The Labute approximate surface area is 123 Å². The molecular formula is C15H19NO5. The molecule has 0 aromatic heterocycles. The molecule has 0 radical (unpaired) electrons. The van der Waals surface area contributed by atoms with Gasteiger partial charge in [-0.15, -0.1) is 6.58 Å². The standard InChI is InChI=1S/C15H19NO5/c1-4-9-16(10-13(17)21-5-2)15(19)11-7-6-8-12(20-3)14(11)18/h4,6-8,18H,1,5,9-10H2,2-3H3. The van der Waals surface area contributed by atoms with Crippen LogP contribution in [0.25, 0.3) is 0 Å². The highest BCUT2D eigenvalue weighted by Gasteiger charge is 2.22. The van der Waals surface area contributed by atoms with Crippen molar-refractivity contribution in [1.82, 2.24) is 4.90 Å². The molecule has 1 amide bonds. The van der Waals surface area contributed by atoms with E-state index >= 15 is 0 Å². The number of amides is 1. The van der Waals surface area contributed by atoms with Gasteiger partial charge in [0.2, 0.25) is 0 Å². The lowest BCUT2D eigenvalue weighted by Crippen LogP contribution is -2.36. The highest BCUT2D eigenvalue weighted by Crippen LogP contribution is 2.30. The van der Waals surface area contributed by atoms with Gasteiger partial charge in [0.15, 0.2) is 11.5 Å². The van der Waals surface area contributed by atoms with Gasteiger partial charge < -0.3 is 19.5 Å². The van der Waals surface area contributed by atoms with Crippen LogP contribution in [0.5, 0.6) is 11.5 Å². The van der Waals surface area contributed by atoms with E-state index in [1.165, 1.54) is 30.2 Å². The fourth-order valence-corrected chi connectivity index (χ4v) is 1.77. The molecule has 0 saturated heterocycles. The summed E-state index contributed by atoms with van der Waals surface area (Å²) >= 11 is 0. The molecule has 114 valence electrons. The molecule has 21 heavy (non-hydrogen) atoms. The summed E-state index contributed by atoms with van der Waals surface area (Å²) in [7, 11) is 1.39. The van der Waals surface area contributed by atoms with Crippen LogP contribution >= 0.6 is 0 Å². The van der Waals surface area contributed by atoms with Crippen molar-refractivity contribution in [3.63, 3.8) is 0 Å². The molecule has 0 fully saturated rings. The van der Waals surface area contributed by atoms with Crippen LogP contribution in [-0.4, -0.2) is 48.7 Å². The maximum Gasteiger partial charge on any atom is 0.325 e. The summed E-state index contributed by atoms with van der Waals surface area (Å²) in [4.78, 5) is 25.2. The van der Waals surface area contributed by atoms with Gasteiger partial charge in [-0.25, -0.2) is 0 Å². The Bertz CT molecular complexity index is 527. The van der Waals surface area contributed by atoms with Gasteiger partial charge in [0.05, 0.1) is 19.3 Å². The third-order valence-corrected chi connectivity index (χ3v) is 2.71. The summed E-state index contributed by atoms with van der Waals surface area (Å²) in [5.41, 5.74) is 0.0560. The highest BCUT2D eigenvalue weighted by molar-refractivity contribution is 5.99. The third-order valence-electron chi connectivity index (χ3n) is 2.71. The summed E-state index contributed by atoms with van der Waals surface area (Å²) < 4.78 is 9.79. The Morgan fingerprint density at radius 3 is 2.71 bits per heavy atom. The van der Waals surface area contributed by atoms with Crippen LogP contribution in [0.2, 0.25) is 0 Å². The number of ether oxygens (including phenoxy) is 2. The molecular weight excluding hydrogens is 274 g/mol. The Morgan fingerprint density at radius 1 is 1.43 bits per heavy atom. The van der Waals surface area contributed by atoms with E-state index in [1.54, 1.807) is 13.0 Å². The van der Waals surface area contributed by atoms with Gasteiger partial charge in [-0.1, -0.05) is 12.1 Å². The normalized spacial score (nSPS) is 9.81. The zero-order chi connectivity index (χ0) is 15.8. The Balaban J connectivity index is 3.00. The second-order valence-corrected chi connectivity index (χ2v) is 4.14. The van der Waals surface area contributed by atoms with Crippen molar-refractivity contribution in [1.29, 1.82) is 0 Å². The van der Waals surface area contributed by atoms with Crippen LogP contribution in [0.3, 0.4) is 0 Å². The summed E-state index contributed by atoms with van der Waals surface area (Å²) in [5, 5.41) is 10.00.